The molecule has 0 unspecified atom stereocenters. The molecule has 3 rings (SSSR count). The van der Waals surface area contributed by atoms with Gasteiger partial charge in [0.2, 0.25) is 5.91 Å². The molecule has 2 heterocycles. The van der Waals surface area contributed by atoms with E-state index in [0.29, 0.717) is 0 Å². The molecule has 0 radical (unpaired) electrons. The quantitative estimate of drug-likeness (QED) is 0.867. The summed E-state index contributed by atoms with van der Waals surface area (Å²) in [6.45, 7) is 5.81. The van der Waals surface area contributed by atoms with Crippen molar-refractivity contribution >= 4 is 5.91 Å². The number of benzene rings is 1. The summed E-state index contributed by atoms with van der Waals surface area (Å²) in [5.74, 6) is 0.925. The minimum absolute atomic E-state index is 0.160. The van der Waals surface area contributed by atoms with E-state index in [4.69, 9.17) is 0 Å². The third-order valence-corrected chi connectivity index (χ3v) is 3.95. The molecule has 0 aliphatic carbocycles. The Labute approximate surface area is 130 Å². The summed E-state index contributed by atoms with van der Waals surface area (Å²) in [6.07, 6.45) is 1.82. The lowest BCUT2D eigenvalue weighted by Gasteiger charge is -2.33. The van der Waals surface area contributed by atoms with Gasteiger partial charge in [0.15, 0.2) is 5.82 Å². The molecule has 2 aromatic rings. The first kappa shape index (κ1) is 14.7. The van der Waals surface area contributed by atoms with Gasteiger partial charge in [0.25, 0.3) is 0 Å². The average molecular weight is 296 g/mol. The summed E-state index contributed by atoms with van der Waals surface area (Å²) >= 11 is 0. The van der Waals surface area contributed by atoms with Crippen molar-refractivity contribution in [2.45, 2.75) is 13.5 Å². The Bertz CT molecular complexity index is 636. The van der Waals surface area contributed by atoms with Gasteiger partial charge in [-0.3, -0.25) is 9.69 Å². The second-order valence-electron chi connectivity index (χ2n) is 5.52. The fraction of sp³-hybridized carbons (Fsp3) is 0.353. The molecule has 1 fully saturated rings. The molecule has 22 heavy (non-hydrogen) atoms. The summed E-state index contributed by atoms with van der Waals surface area (Å²) in [7, 11) is 0. The summed E-state index contributed by atoms with van der Waals surface area (Å²) in [4.78, 5) is 24.6. The lowest BCUT2D eigenvalue weighted by molar-refractivity contribution is -0.130. The average Bonchev–Trinajstić information content (AvgIpc) is 2.56. The molecule has 1 aromatic heterocycles. The Hall–Kier alpha value is -2.27. The molecular weight excluding hydrogens is 276 g/mol. The van der Waals surface area contributed by atoms with Crippen LogP contribution in [0.1, 0.15) is 12.6 Å². The fourth-order valence-electron chi connectivity index (χ4n) is 2.66. The van der Waals surface area contributed by atoms with Crippen LogP contribution in [0.15, 0.2) is 42.6 Å². The molecule has 1 saturated heterocycles. The van der Waals surface area contributed by atoms with Crippen molar-refractivity contribution in [3.63, 3.8) is 0 Å². The summed E-state index contributed by atoms with van der Waals surface area (Å²) in [5, 5.41) is 0. The Morgan fingerprint density at radius 3 is 2.50 bits per heavy atom. The zero-order chi connectivity index (χ0) is 15.4. The van der Waals surface area contributed by atoms with Gasteiger partial charge in [0, 0.05) is 51.4 Å². The van der Waals surface area contributed by atoms with E-state index in [1.54, 1.807) is 6.92 Å². The number of hydrogen-bond acceptors (Lipinski definition) is 4. The molecular formula is C17H20N4O. The third-order valence-electron chi connectivity index (χ3n) is 3.95. The number of carbonyl (C=O) groups excluding carboxylic acids is 1. The zero-order valence-electron chi connectivity index (χ0n) is 12.8. The van der Waals surface area contributed by atoms with E-state index >= 15 is 0 Å². The Kier molecular flexibility index (Phi) is 4.44. The molecule has 0 saturated carbocycles. The molecule has 0 spiro atoms. The van der Waals surface area contributed by atoms with E-state index in [1.807, 2.05) is 47.5 Å². The standard InChI is InChI=1S/C17H20N4O/c1-14(22)21-11-9-20(10-12-21)13-16-7-8-18-17(19-16)15-5-3-2-4-6-15/h2-8H,9-13H2,1H3. The second-order valence-corrected chi connectivity index (χ2v) is 5.52. The van der Waals surface area contributed by atoms with E-state index in [9.17, 15) is 4.79 Å². The van der Waals surface area contributed by atoms with Crippen LogP contribution in [0, 0.1) is 0 Å². The Morgan fingerprint density at radius 2 is 1.82 bits per heavy atom. The number of piperazine rings is 1. The highest BCUT2D eigenvalue weighted by Crippen LogP contribution is 2.15. The van der Waals surface area contributed by atoms with Gasteiger partial charge in [-0.1, -0.05) is 30.3 Å². The largest absolute Gasteiger partial charge is 0.340 e. The lowest BCUT2D eigenvalue weighted by atomic mass is 10.2. The number of aromatic nitrogens is 2. The van der Waals surface area contributed by atoms with Gasteiger partial charge in [-0.25, -0.2) is 9.97 Å². The molecule has 5 heteroatoms. The van der Waals surface area contributed by atoms with E-state index in [2.05, 4.69) is 14.9 Å². The first-order valence-electron chi connectivity index (χ1n) is 7.57. The molecule has 1 aromatic carbocycles. The molecule has 0 N–H and O–H groups in total. The normalized spacial score (nSPS) is 15.8. The van der Waals surface area contributed by atoms with E-state index in [-0.39, 0.29) is 5.91 Å². The van der Waals surface area contributed by atoms with E-state index < -0.39 is 0 Å². The molecule has 0 bridgehead atoms. The first-order chi connectivity index (χ1) is 10.7. The maximum Gasteiger partial charge on any atom is 0.219 e. The maximum absolute atomic E-state index is 11.4. The fourth-order valence-corrected chi connectivity index (χ4v) is 2.66. The number of rotatable bonds is 3. The van der Waals surface area contributed by atoms with Crippen LogP contribution in [-0.4, -0.2) is 51.9 Å². The highest BCUT2D eigenvalue weighted by Gasteiger charge is 2.18. The smallest absolute Gasteiger partial charge is 0.219 e. The summed E-state index contributed by atoms with van der Waals surface area (Å²) < 4.78 is 0. The predicted molar refractivity (Wildman–Crippen MR) is 85.0 cm³/mol. The predicted octanol–water partition coefficient (Wildman–Crippen LogP) is 1.81. The number of nitrogens with zero attached hydrogens (tertiary/aromatic N) is 4. The highest BCUT2D eigenvalue weighted by atomic mass is 16.2. The van der Waals surface area contributed by atoms with Crippen molar-refractivity contribution in [3.8, 4) is 11.4 Å². The zero-order valence-corrected chi connectivity index (χ0v) is 12.8. The van der Waals surface area contributed by atoms with Gasteiger partial charge in [-0.15, -0.1) is 0 Å². The maximum atomic E-state index is 11.4. The minimum atomic E-state index is 0.160. The second kappa shape index (κ2) is 6.66. The van der Waals surface area contributed by atoms with Gasteiger partial charge in [-0.05, 0) is 6.07 Å². The first-order valence-corrected chi connectivity index (χ1v) is 7.57. The van der Waals surface area contributed by atoms with Crippen molar-refractivity contribution in [2.75, 3.05) is 26.2 Å². The van der Waals surface area contributed by atoms with Crippen molar-refractivity contribution in [3.05, 3.63) is 48.3 Å². The van der Waals surface area contributed by atoms with Crippen LogP contribution >= 0.6 is 0 Å². The third kappa shape index (κ3) is 3.49. The topological polar surface area (TPSA) is 49.3 Å². The molecule has 1 aliphatic rings. The van der Waals surface area contributed by atoms with Crippen molar-refractivity contribution in [2.24, 2.45) is 0 Å². The van der Waals surface area contributed by atoms with Crippen LogP contribution in [0.25, 0.3) is 11.4 Å². The molecule has 5 nitrogen and oxygen atoms in total. The van der Waals surface area contributed by atoms with Gasteiger partial charge < -0.3 is 4.90 Å². The summed E-state index contributed by atoms with van der Waals surface area (Å²) in [6, 6.07) is 12.0. The number of amides is 1. The van der Waals surface area contributed by atoms with Crippen LogP contribution in [0.2, 0.25) is 0 Å². The van der Waals surface area contributed by atoms with E-state index in [1.165, 1.54) is 0 Å². The summed E-state index contributed by atoms with van der Waals surface area (Å²) in [5.41, 5.74) is 2.05. The SMILES string of the molecule is CC(=O)N1CCN(Cc2ccnc(-c3ccccc3)n2)CC1. The van der Waals surface area contributed by atoms with Crippen molar-refractivity contribution in [1.29, 1.82) is 0 Å². The van der Waals surface area contributed by atoms with Gasteiger partial charge in [-0.2, -0.15) is 0 Å². The van der Waals surface area contributed by atoms with Gasteiger partial charge >= 0.3 is 0 Å². The Balaban J connectivity index is 1.66. The van der Waals surface area contributed by atoms with Crippen LogP contribution in [0.5, 0.6) is 0 Å². The highest BCUT2D eigenvalue weighted by molar-refractivity contribution is 5.73. The van der Waals surface area contributed by atoms with Gasteiger partial charge in [0.05, 0.1) is 5.69 Å². The monoisotopic (exact) mass is 296 g/mol. The van der Waals surface area contributed by atoms with Crippen LogP contribution in [0.3, 0.4) is 0 Å². The van der Waals surface area contributed by atoms with Crippen LogP contribution in [0.4, 0.5) is 0 Å². The van der Waals surface area contributed by atoms with Gasteiger partial charge in [0.1, 0.15) is 0 Å². The molecule has 1 amide bonds. The number of hydrogen-bond donors (Lipinski definition) is 0. The van der Waals surface area contributed by atoms with Crippen molar-refractivity contribution in [1.82, 2.24) is 19.8 Å². The Morgan fingerprint density at radius 1 is 1.09 bits per heavy atom. The number of carbonyl (C=O) groups is 1. The molecule has 1 aliphatic heterocycles. The molecule has 114 valence electrons. The lowest BCUT2D eigenvalue weighted by Crippen LogP contribution is -2.47. The van der Waals surface area contributed by atoms with Crippen LogP contribution in [-0.2, 0) is 11.3 Å². The molecule has 0 atom stereocenters. The van der Waals surface area contributed by atoms with Crippen LogP contribution < -0.4 is 0 Å². The minimum Gasteiger partial charge on any atom is -0.340 e. The van der Waals surface area contributed by atoms with Crippen molar-refractivity contribution < 1.29 is 4.79 Å². The van der Waals surface area contributed by atoms with E-state index in [0.717, 1.165) is 49.8 Å².